The number of hydrogen-bond donors (Lipinski definition) is 2. The molecule has 0 aromatic heterocycles. The highest BCUT2D eigenvalue weighted by atomic mass is 16.5. The van der Waals surface area contributed by atoms with Gasteiger partial charge in [-0.3, -0.25) is 4.79 Å². The molecule has 0 saturated heterocycles. The van der Waals surface area contributed by atoms with Crippen LogP contribution in [-0.2, 0) is 14.9 Å². The third kappa shape index (κ3) is 8.28. The molecule has 0 unspecified atom stereocenters. The second-order valence-electron chi connectivity index (χ2n) is 7.43. The Kier molecular flexibility index (Phi) is 9.40. The fraction of sp³-hybridized carbons (Fsp3) is 0.667. The van der Waals surface area contributed by atoms with E-state index in [0.717, 1.165) is 19.3 Å². The van der Waals surface area contributed by atoms with Crippen LogP contribution in [-0.4, -0.2) is 22.8 Å². The molecule has 142 valence electrons. The summed E-state index contributed by atoms with van der Waals surface area (Å²) in [7, 11) is 0. The Hall–Kier alpha value is -1.71. The molecule has 0 saturated carbocycles. The number of rotatable bonds is 12. The quantitative estimate of drug-likeness (QED) is 0.299. The van der Waals surface area contributed by atoms with E-state index < -0.39 is 0 Å². The zero-order valence-corrected chi connectivity index (χ0v) is 16.0. The van der Waals surface area contributed by atoms with Crippen LogP contribution in [0.5, 0.6) is 11.5 Å². The maximum Gasteiger partial charge on any atom is 0.305 e. The minimum atomic E-state index is -0.317. The normalized spacial score (nSPS) is 11.5. The van der Waals surface area contributed by atoms with Crippen molar-refractivity contribution in [3.8, 4) is 11.5 Å². The molecule has 4 heteroatoms. The first-order valence-electron chi connectivity index (χ1n) is 9.55. The Bertz CT molecular complexity index is 523. The van der Waals surface area contributed by atoms with Gasteiger partial charge in [0.2, 0.25) is 0 Å². The summed E-state index contributed by atoms with van der Waals surface area (Å²) in [5.41, 5.74) is 0.385. The maximum absolute atomic E-state index is 11.8. The van der Waals surface area contributed by atoms with E-state index in [-0.39, 0.29) is 22.9 Å². The third-order valence-electron chi connectivity index (χ3n) is 4.65. The lowest BCUT2D eigenvalue weighted by Crippen LogP contribution is -2.18. The van der Waals surface area contributed by atoms with Gasteiger partial charge in [0.25, 0.3) is 0 Å². The number of ether oxygens (including phenoxy) is 1. The smallest absolute Gasteiger partial charge is 0.305 e. The van der Waals surface area contributed by atoms with Gasteiger partial charge in [0.1, 0.15) is 11.5 Å². The molecule has 2 N–H and O–H groups in total. The molecule has 0 spiro atoms. The summed E-state index contributed by atoms with van der Waals surface area (Å²) in [4.78, 5) is 11.8. The van der Waals surface area contributed by atoms with Crippen molar-refractivity contribution >= 4 is 5.97 Å². The second-order valence-corrected chi connectivity index (χ2v) is 7.43. The van der Waals surface area contributed by atoms with E-state index in [1.165, 1.54) is 37.8 Å². The SMILES string of the molecule is CCCCCCCCOC(=O)CCCC(C)(C)c1cc(O)ccc1O. The fourth-order valence-corrected chi connectivity index (χ4v) is 3.02. The summed E-state index contributed by atoms with van der Waals surface area (Å²) in [5.74, 6) is 0.164. The third-order valence-corrected chi connectivity index (χ3v) is 4.65. The Morgan fingerprint density at radius 1 is 1.04 bits per heavy atom. The molecule has 0 atom stereocenters. The highest BCUT2D eigenvalue weighted by Gasteiger charge is 2.24. The predicted molar refractivity (Wildman–Crippen MR) is 101 cm³/mol. The average Bonchev–Trinajstić information content (AvgIpc) is 2.56. The maximum atomic E-state index is 11.8. The van der Waals surface area contributed by atoms with Crippen molar-refractivity contribution in [1.29, 1.82) is 0 Å². The molecule has 25 heavy (non-hydrogen) atoms. The van der Waals surface area contributed by atoms with Gasteiger partial charge in [0.15, 0.2) is 0 Å². The summed E-state index contributed by atoms with van der Waals surface area (Å²) < 4.78 is 5.28. The number of esters is 1. The first kappa shape index (κ1) is 21.3. The number of phenolic OH excluding ortho intramolecular Hbond substituents is 2. The molecular formula is C21H34O4. The molecule has 1 aromatic carbocycles. The van der Waals surface area contributed by atoms with E-state index in [1.807, 2.05) is 13.8 Å². The van der Waals surface area contributed by atoms with Gasteiger partial charge in [-0.25, -0.2) is 0 Å². The van der Waals surface area contributed by atoms with Gasteiger partial charge >= 0.3 is 5.97 Å². The van der Waals surface area contributed by atoms with E-state index in [1.54, 1.807) is 6.07 Å². The fourth-order valence-electron chi connectivity index (χ4n) is 3.02. The Morgan fingerprint density at radius 2 is 1.72 bits per heavy atom. The molecule has 0 aliphatic rings. The first-order valence-corrected chi connectivity index (χ1v) is 9.55. The van der Waals surface area contributed by atoms with Crippen LogP contribution in [0.15, 0.2) is 18.2 Å². The summed E-state index contributed by atoms with van der Waals surface area (Å²) >= 11 is 0. The highest BCUT2D eigenvalue weighted by molar-refractivity contribution is 5.69. The molecule has 1 rings (SSSR count). The van der Waals surface area contributed by atoms with Crippen molar-refractivity contribution in [1.82, 2.24) is 0 Å². The van der Waals surface area contributed by atoms with Crippen molar-refractivity contribution in [3.63, 3.8) is 0 Å². The molecule has 1 aromatic rings. The number of aromatic hydroxyl groups is 2. The molecule has 0 amide bonds. The molecule has 0 fully saturated rings. The standard InChI is InChI=1S/C21H34O4/c1-4-5-6-7-8-9-15-25-20(24)11-10-14-21(2,3)18-16-17(22)12-13-19(18)23/h12-13,16,22-23H,4-11,14-15H2,1-3H3. The zero-order valence-electron chi connectivity index (χ0n) is 16.0. The van der Waals surface area contributed by atoms with Crippen LogP contribution in [0, 0.1) is 0 Å². The van der Waals surface area contributed by atoms with Crippen molar-refractivity contribution in [2.45, 2.75) is 84.0 Å². The molecule has 0 aliphatic heterocycles. The van der Waals surface area contributed by atoms with Crippen LogP contribution in [0.3, 0.4) is 0 Å². The van der Waals surface area contributed by atoms with Gasteiger partial charge in [0.05, 0.1) is 6.61 Å². The van der Waals surface area contributed by atoms with Crippen molar-refractivity contribution in [2.75, 3.05) is 6.61 Å². The van der Waals surface area contributed by atoms with Gasteiger partial charge < -0.3 is 14.9 Å². The lowest BCUT2D eigenvalue weighted by molar-refractivity contribution is -0.143. The van der Waals surface area contributed by atoms with Gasteiger partial charge in [-0.15, -0.1) is 0 Å². The molecule has 0 aliphatic carbocycles. The minimum Gasteiger partial charge on any atom is -0.508 e. The first-order chi connectivity index (χ1) is 11.9. The minimum absolute atomic E-state index is 0.138. The molecule has 0 heterocycles. The van der Waals surface area contributed by atoms with Crippen LogP contribution in [0.1, 0.15) is 84.1 Å². The highest BCUT2D eigenvalue weighted by Crippen LogP contribution is 2.36. The summed E-state index contributed by atoms with van der Waals surface area (Å²) in [6.07, 6.45) is 8.88. The lowest BCUT2D eigenvalue weighted by atomic mass is 9.79. The number of hydrogen-bond acceptors (Lipinski definition) is 4. The largest absolute Gasteiger partial charge is 0.508 e. The topological polar surface area (TPSA) is 66.8 Å². The zero-order chi connectivity index (χ0) is 18.7. The van der Waals surface area contributed by atoms with Crippen LogP contribution in [0.2, 0.25) is 0 Å². The van der Waals surface area contributed by atoms with Crippen LogP contribution >= 0.6 is 0 Å². The molecule has 4 nitrogen and oxygen atoms in total. The molecule has 0 radical (unpaired) electrons. The van der Waals surface area contributed by atoms with E-state index >= 15 is 0 Å². The van der Waals surface area contributed by atoms with E-state index in [9.17, 15) is 15.0 Å². The van der Waals surface area contributed by atoms with Gasteiger partial charge in [-0.05, 0) is 42.9 Å². The van der Waals surface area contributed by atoms with Crippen LogP contribution < -0.4 is 0 Å². The number of benzene rings is 1. The monoisotopic (exact) mass is 350 g/mol. The van der Waals surface area contributed by atoms with Crippen LogP contribution in [0.25, 0.3) is 0 Å². The average molecular weight is 350 g/mol. The summed E-state index contributed by atoms with van der Waals surface area (Å²) in [6, 6.07) is 4.56. The second kappa shape index (κ2) is 11.0. The van der Waals surface area contributed by atoms with E-state index in [2.05, 4.69) is 6.92 Å². The predicted octanol–water partition coefficient (Wildman–Crippen LogP) is 5.45. The van der Waals surface area contributed by atoms with Crippen molar-refractivity contribution in [3.05, 3.63) is 23.8 Å². The van der Waals surface area contributed by atoms with E-state index in [0.29, 0.717) is 25.0 Å². The Morgan fingerprint density at radius 3 is 2.44 bits per heavy atom. The number of unbranched alkanes of at least 4 members (excludes halogenated alkanes) is 5. The number of carbonyl (C=O) groups excluding carboxylic acids is 1. The summed E-state index contributed by atoms with van der Waals surface area (Å²) in [6.45, 7) is 6.72. The van der Waals surface area contributed by atoms with Crippen molar-refractivity contribution in [2.24, 2.45) is 0 Å². The van der Waals surface area contributed by atoms with Gasteiger partial charge in [-0.1, -0.05) is 52.9 Å². The number of phenols is 2. The van der Waals surface area contributed by atoms with Gasteiger partial charge in [-0.2, -0.15) is 0 Å². The van der Waals surface area contributed by atoms with E-state index in [4.69, 9.17) is 4.74 Å². The summed E-state index contributed by atoms with van der Waals surface area (Å²) in [5, 5.41) is 19.6. The Labute approximate surface area is 152 Å². The van der Waals surface area contributed by atoms with Gasteiger partial charge in [0, 0.05) is 12.0 Å². The number of carbonyl (C=O) groups is 1. The molecular weight excluding hydrogens is 316 g/mol. The lowest BCUT2D eigenvalue weighted by Gasteiger charge is -2.26. The van der Waals surface area contributed by atoms with Crippen molar-refractivity contribution < 1.29 is 19.7 Å². The Balaban J connectivity index is 2.24. The molecule has 0 bridgehead atoms. The van der Waals surface area contributed by atoms with Crippen LogP contribution in [0.4, 0.5) is 0 Å².